The van der Waals surface area contributed by atoms with Crippen molar-refractivity contribution in [1.29, 1.82) is 0 Å². The Morgan fingerprint density at radius 3 is 2.60 bits per heavy atom. The summed E-state index contributed by atoms with van der Waals surface area (Å²) in [5, 5.41) is 4.29. The molecule has 2 aromatic heterocycles. The molecule has 2 heterocycles. The fourth-order valence-corrected chi connectivity index (χ4v) is 3.86. The van der Waals surface area contributed by atoms with Gasteiger partial charge in [0, 0.05) is 18.7 Å². The highest BCUT2D eigenvalue weighted by Crippen LogP contribution is 2.33. The largest absolute Gasteiger partial charge is 0.294 e. The Hall–Kier alpha value is -2.39. The van der Waals surface area contributed by atoms with Crippen LogP contribution >= 0.6 is 11.6 Å². The zero-order chi connectivity index (χ0) is 21.8. The van der Waals surface area contributed by atoms with Gasteiger partial charge in [0.15, 0.2) is 5.52 Å². The summed E-state index contributed by atoms with van der Waals surface area (Å²) >= 11 is 5.99. The quantitative estimate of drug-likeness (QED) is 0.570. The highest BCUT2D eigenvalue weighted by atomic mass is 35.5. The monoisotopic (exact) mass is 449 g/mol. The summed E-state index contributed by atoms with van der Waals surface area (Å²) in [6.07, 6.45) is 3.40. The second kappa shape index (κ2) is 7.39. The number of nitrogens with zero attached hydrogens (tertiary/aromatic N) is 5. The van der Waals surface area contributed by atoms with Gasteiger partial charge in [0.25, 0.3) is 5.56 Å². The molecule has 1 aliphatic carbocycles. The predicted molar refractivity (Wildman–Crippen MR) is 116 cm³/mol. The van der Waals surface area contributed by atoms with Crippen LogP contribution in [0, 0.1) is 5.82 Å². The molecule has 0 aliphatic heterocycles. The van der Waals surface area contributed by atoms with Crippen molar-refractivity contribution in [2.24, 2.45) is 11.4 Å². The molecule has 0 radical (unpaired) electrons. The molecule has 30 heavy (non-hydrogen) atoms. The normalized spacial score (nSPS) is 16.3. The van der Waals surface area contributed by atoms with Crippen LogP contribution in [0.5, 0.6) is 0 Å². The first-order valence-corrected chi connectivity index (χ1v) is 11.0. The Morgan fingerprint density at radius 1 is 1.30 bits per heavy atom. The van der Waals surface area contributed by atoms with E-state index >= 15 is 0 Å². The van der Waals surface area contributed by atoms with Gasteiger partial charge in [-0.15, -0.1) is 0 Å². The van der Waals surface area contributed by atoms with Crippen LogP contribution in [0.15, 0.2) is 33.7 Å². The molecule has 1 saturated carbocycles. The van der Waals surface area contributed by atoms with Gasteiger partial charge in [-0.2, -0.15) is 9.50 Å². The van der Waals surface area contributed by atoms with E-state index in [2.05, 4.69) is 14.5 Å². The second-order valence-corrected chi connectivity index (χ2v) is 10.6. The third-order valence-electron chi connectivity index (χ3n) is 4.83. The molecule has 0 spiro atoms. The summed E-state index contributed by atoms with van der Waals surface area (Å²) in [6.45, 7) is 5.40. The van der Waals surface area contributed by atoms with Crippen molar-refractivity contribution in [2.45, 2.75) is 44.4 Å². The highest BCUT2D eigenvalue weighted by Gasteiger charge is 2.29. The van der Waals surface area contributed by atoms with Crippen LogP contribution < -0.4 is 5.56 Å². The minimum atomic E-state index is -1.62. The third kappa shape index (κ3) is 3.72. The van der Waals surface area contributed by atoms with E-state index in [1.165, 1.54) is 29.2 Å². The molecular formula is C20H21ClFN5O2S. The average Bonchev–Trinajstić information content (AvgIpc) is 3.44. The lowest BCUT2D eigenvalue weighted by Crippen LogP contribution is -2.22. The van der Waals surface area contributed by atoms with E-state index in [-0.39, 0.29) is 27.9 Å². The van der Waals surface area contributed by atoms with Crippen LogP contribution in [-0.2, 0) is 18.0 Å². The van der Waals surface area contributed by atoms with Gasteiger partial charge in [0.2, 0.25) is 0 Å². The number of hydrogen-bond donors (Lipinski definition) is 0. The predicted octanol–water partition coefficient (Wildman–Crippen LogP) is 3.56. The van der Waals surface area contributed by atoms with Crippen molar-refractivity contribution in [3.8, 4) is 0 Å². The number of fused-ring (bicyclic) bond motifs is 1. The molecule has 0 saturated heterocycles. The number of aryl methyl sites for hydroxylation is 1. The fraction of sp³-hybridized carbons (Fsp3) is 0.400. The molecule has 1 unspecified atom stereocenters. The zero-order valence-electron chi connectivity index (χ0n) is 17.0. The topological polar surface area (TPSA) is 82.1 Å². The van der Waals surface area contributed by atoms with Gasteiger partial charge in [-0.05, 0) is 51.8 Å². The lowest BCUT2D eigenvalue weighted by Gasteiger charge is -2.16. The Balaban J connectivity index is 1.98. The van der Waals surface area contributed by atoms with Crippen molar-refractivity contribution in [3.63, 3.8) is 0 Å². The number of halogens is 2. The van der Waals surface area contributed by atoms with Crippen LogP contribution in [0.1, 0.15) is 50.9 Å². The van der Waals surface area contributed by atoms with Crippen molar-refractivity contribution >= 4 is 39.3 Å². The lowest BCUT2D eigenvalue weighted by atomic mass is 10.1. The minimum Gasteiger partial charge on any atom is -0.294 e. The maximum absolute atomic E-state index is 13.8. The summed E-state index contributed by atoms with van der Waals surface area (Å²) in [6, 6.07) is 4.31. The van der Waals surface area contributed by atoms with Crippen LogP contribution in [0.3, 0.4) is 0 Å². The molecule has 158 valence electrons. The van der Waals surface area contributed by atoms with E-state index < -0.39 is 21.5 Å². The van der Waals surface area contributed by atoms with E-state index in [0.717, 1.165) is 12.8 Å². The molecule has 10 heteroatoms. The average molecular weight is 450 g/mol. The maximum atomic E-state index is 13.8. The van der Waals surface area contributed by atoms with Crippen molar-refractivity contribution in [3.05, 3.63) is 57.0 Å². The number of hydrogen-bond acceptors (Lipinski definition) is 4. The Kier molecular flexibility index (Phi) is 5.14. The smallest absolute Gasteiger partial charge is 0.282 e. The molecule has 1 aliphatic rings. The van der Waals surface area contributed by atoms with E-state index in [0.29, 0.717) is 16.8 Å². The fourth-order valence-electron chi connectivity index (χ4n) is 3.05. The van der Waals surface area contributed by atoms with Crippen molar-refractivity contribution < 1.29 is 8.60 Å². The molecule has 0 bridgehead atoms. The molecule has 7 nitrogen and oxygen atoms in total. The van der Waals surface area contributed by atoms with Gasteiger partial charge in [-0.1, -0.05) is 11.6 Å². The summed E-state index contributed by atoms with van der Waals surface area (Å²) in [5.74, 6) is -0.572. The Morgan fingerprint density at radius 2 is 2.00 bits per heavy atom. The van der Waals surface area contributed by atoms with Crippen LogP contribution in [-0.4, -0.2) is 34.0 Å². The first-order valence-electron chi connectivity index (χ1n) is 9.48. The molecule has 3 aromatic rings. The standard InChI is InChI=1S/C20H21ClFN5O2S/c1-20(2,3)30(29)25-15(11-5-8-14(22)13(21)9-11)18-16-17(24-26(18)4)19(28)27(10-23-16)12-6-7-12/h5,8-10,12H,6-7H2,1-4H3. The van der Waals surface area contributed by atoms with Gasteiger partial charge >= 0.3 is 0 Å². The van der Waals surface area contributed by atoms with E-state index in [4.69, 9.17) is 11.6 Å². The minimum absolute atomic E-state index is 0.0859. The van der Waals surface area contributed by atoms with Gasteiger partial charge in [-0.25, -0.2) is 13.6 Å². The van der Waals surface area contributed by atoms with E-state index in [1.54, 1.807) is 32.4 Å². The van der Waals surface area contributed by atoms with Gasteiger partial charge < -0.3 is 0 Å². The zero-order valence-corrected chi connectivity index (χ0v) is 18.6. The van der Waals surface area contributed by atoms with E-state index in [9.17, 15) is 13.4 Å². The molecule has 0 N–H and O–H groups in total. The number of rotatable bonds is 4. The van der Waals surface area contributed by atoms with Crippen LogP contribution in [0.2, 0.25) is 5.02 Å². The first-order chi connectivity index (χ1) is 14.1. The molecule has 1 fully saturated rings. The van der Waals surface area contributed by atoms with Crippen LogP contribution in [0.4, 0.5) is 4.39 Å². The van der Waals surface area contributed by atoms with Gasteiger partial charge in [0.05, 0.1) is 16.1 Å². The van der Waals surface area contributed by atoms with Gasteiger partial charge in [0.1, 0.15) is 33.7 Å². The molecule has 0 amide bonds. The first kappa shape index (κ1) is 20.9. The van der Waals surface area contributed by atoms with Crippen molar-refractivity contribution in [2.75, 3.05) is 0 Å². The summed E-state index contributed by atoms with van der Waals surface area (Å²) < 4.78 is 33.5. The van der Waals surface area contributed by atoms with Crippen molar-refractivity contribution in [1.82, 2.24) is 19.3 Å². The number of aromatic nitrogens is 4. The van der Waals surface area contributed by atoms with Crippen LogP contribution in [0.25, 0.3) is 11.0 Å². The molecular weight excluding hydrogens is 429 g/mol. The molecule has 4 rings (SSSR count). The molecule has 1 atom stereocenters. The second-order valence-electron chi connectivity index (χ2n) is 8.29. The Bertz CT molecular complexity index is 1270. The summed E-state index contributed by atoms with van der Waals surface area (Å²) in [4.78, 5) is 17.4. The Labute approximate surface area is 180 Å². The molecule has 1 aromatic carbocycles. The SMILES string of the molecule is Cn1nc2c(=O)n(C3CC3)cnc2c1C(=NS(=O)C(C)(C)C)c1ccc(F)c(Cl)c1. The van der Waals surface area contributed by atoms with E-state index in [1.807, 2.05) is 0 Å². The number of benzene rings is 1. The maximum Gasteiger partial charge on any atom is 0.282 e. The third-order valence-corrected chi connectivity index (χ3v) is 6.51. The lowest BCUT2D eigenvalue weighted by molar-refractivity contribution is 0.628. The highest BCUT2D eigenvalue weighted by molar-refractivity contribution is 7.85. The summed E-state index contributed by atoms with van der Waals surface area (Å²) in [7, 11) is 0.0414. The summed E-state index contributed by atoms with van der Waals surface area (Å²) in [5.41, 5.74) is 1.50. The van der Waals surface area contributed by atoms with Gasteiger partial charge in [-0.3, -0.25) is 14.0 Å².